The van der Waals surface area contributed by atoms with Crippen molar-refractivity contribution in [2.75, 3.05) is 0 Å². The molecule has 5 heteroatoms. The zero-order valence-electron chi connectivity index (χ0n) is 7.22. The number of nitrogens with one attached hydrogen (secondary N) is 1. The third-order valence-electron chi connectivity index (χ3n) is 2.12. The summed E-state index contributed by atoms with van der Waals surface area (Å²) in [6.45, 7) is 0. The first-order valence-electron chi connectivity index (χ1n) is 4.15. The van der Waals surface area contributed by atoms with Crippen molar-refractivity contribution in [2.45, 2.75) is 36.9 Å². The molecule has 1 fully saturated rings. The van der Waals surface area contributed by atoms with Gasteiger partial charge in [0.1, 0.15) is 0 Å². The molecular formula is C6H15B2NO2. The van der Waals surface area contributed by atoms with Crippen LogP contribution in [0.1, 0.15) is 25.7 Å². The van der Waals surface area contributed by atoms with Gasteiger partial charge in [-0.15, -0.1) is 0 Å². The average molecular weight is 155 g/mol. The monoisotopic (exact) mass is 155 g/mol. The third kappa shape index (κ3) is 2.85. The second-order valence-corrected chi connectivity index (χ2v) is 3.88. The smallest absolute Gasteiger partial charge is 0.162 e. The van der Waals surface area contributed by atoms with Gasteiger partial charge in [-0.1, -0.05) is 0 Å². The first-order valence-corrected chi connectivity index (χ1v) is 4.15. The molecule has 0 spiro atoms. The second kappa shape index (κ2) is 2.81. The SMILES string of the molecule is BC1(O)CCCCC(B)(O)N1. The predicted molar refractivity (Wildman–Crippen MR) is 48.6 cm³/mol. The van der Waals surface area contributed by atoms with E-state index in [1.165, 1.54) is 0 Å². The molecule has 62 valence electrons. The highest BCUT2D eigenvalue weighted by Crippen LogP contribution is 2.20. The molecule has 0 aromatic heterocycles. The van der Waals surface area contributed by atoms with Crippen LogP contribution in [0.25, 0.3) is 0 Å². The van der Waals surface area contributed by atoms with Crippen LogP contribution in [0, 0.1) is 0 Å². The van der Waals surface area contributed by atoms with E-state index in [9.17, 15) is 10.2 Å². The van der Waals surface area contributed by atoms with Crippen LogP contribution in [0.3, 0.4) is 0 Å². The van der Waals surface area contributed by atoms with Crippen LogP contribution in [-0.2, 0) is 0 Å². The van der Waals surface area contributed by atoms with E-state index in [2.05, 4.69) is 5.32 Å². The molecule has 0 amide bonds. The fourth-order valence-corrected chi connectivity index (χ4v) is 1.64. The molecule has 1 aliphatic rings. The minimum absolute atomic E-state index is 0.711. The van der Waals surface area contributed by atoms with Gasteiger partial charge in [0, 0.05) is 0 Å². The maximum absolute atomic E-state index is 9.62. The standard InChI is InChI=1S/C6H15B2NO2/c7-5(10)3-1-2-4-6(8,11)9-5/h9-11H,1-4,7-8H2. The molecule has 0 aromatic carbocycles. The molecule has 3 nitrogen and oxygen atoms in total. The van der Waals surface area contributed by atoms with E-state index in [4.69, 9.17) is 0 Å². The van der Waals surface area contributed by atoms with Gasteiger partial charge < -0.3 is 10.2 Å². The lowest BCUT2D eigenvalue weighted by Gasteiger charge is -2.32. The Balaban J connectivity index is 2.62. The quantitative estimate of drug-likeness (QED) is 0.345. The maximum Gasteiger partial charge on any atom is 0.162 e. The zero-order chi connectivity index (χ0) is 8.54. The fourth-order valence-electron chi connectivity index (χ4n) is 1.64. The van der Waals surface area contributed by atoms with Crippen molar-refractivity contribution >= 4 is 15.7 Å². The van der Waals surface area contributed by atoms with Crippen molar-refractivity contribution in [1.29, 1.82) is 0 Å². The van der Waals surface area contributed by atoms with Gasteiger partial charge in [0.2, 0.25) is 0 Å². The summed E-state index contributed by atoms with van der Waals surface area (Å²) < 4.78 is 0. The molecule has 0 saturated carbocycles. The molecule has 2 unspecified atom stereocenters. The molecule has 1 heterocycles. The normalized spacial score (nSPS) is 46.7. The van der Waals surface area contributed by atoms with Crippen LogP contribution in [0.4, 0.5) is 0 Å². The average Bonchev–Trinajstić information content (AvgIpc) is 1.86. The maximum atomic E-state index is 9.62. The van der Waals surface area contributed by atoms with Crippen LogP contribution in [0.15, 0.2) is 0 Å². The second-order valence-electron chi connectivity index (χ2n) is 3.88. The van der Waals surface area contributed by atoms with Crippen LogP contribution in [-0.4, -0.2) is 37.2 Å². The summed E-state index contributed by atoms with van der Waals surface area (Å²) in [5.41, 5.74) is -1.81. The first kappa shape index (κ1) is 9.10. The number of rotatable bonds is 0. The van der Waals surface area contributed by atoms with Crippen molar-refractivity contribution in [3.8, 4) is 0 Å². The van der Waals surface area contributed by atoms with Crippen molar-refractivity contribution in [3.63, 3.8) is 0 Å². The van der Waals surface area contributed by atoms with Gasteiger partial charge in [-0.2, -0.15) is 0 Å². The lowest BCUT2D eigenvalue weighted by molar-refractivity contribution is -0.00731. The van der Waals surface area contributed by atoms with Crippen LogP contribution < -0.4 is 5.32 Å². The van der Waals surface area contributed by atoms with E-state index in [1.807, 2.05) is 0 Å². The Morgan fingerprint density at radius 3 is 1.73 bits per heavy atom. The lowest BCUT2D eigenvalue weighted by atomic mass is 9.83. The molecular weight excluding hydrogens is 140 g/mol. The Hall–Kier alpha value is 0.00987. The fraction of sp³-hybridized carbons (Fsp3) is 1.00. The van der Waals surface area contributed by atoms with E-state index in [-0.39, 0.29) is 0 Å². The summed E-state index contributed by atoms with van der Waals surface area (Å²) in [6, 6.07) is 0. The Morgan fingerprint density at radius 1 is 1.00 bits per heavy atom. The molecule has 2 atom stereocenters. The predicted octanol–water partition coefficient (Wildman–Crippen LogP) is -2.29. The molecule has 0 bridgehead atoms. The summed E-state index contributed by atoms with van der Waals surface area (Å²) in [7, 11) is 3.40. The minimum Gasteiger partial charge on any atom is -0.384 e. The summed E-state index contributed by atoms with van der Waals surface area (Å²) in [5, 5.41) is 22.0. The highest BCUT2D eigenvalue weighted by molar-refractivity contribution is 6.17. The molecule has 0 aliphatic carbocycles. The lowest BCUT2D eigenvalue weighted by Crippen LogP contribution is -2.57. The Kier molecular flexibility index (Phi) is 2.32. The summed E-state index contributed by atoms with van der Waals surface area (Å²) >= 11 is 0. The first-order chi connectivity index (χ1) is 4.91. The minimum atomic E-state index is -0.903. The van der Waals surface area contributed by atoms with Gasteiger partial charge in [0.25, 0.3) is 0 Å². The van der Waals surface area contributed by atoms with Gasteiger partial charge >= 0.3 is 0 Å². The molecule has 3 N–H and O–H groups in total. The molecule has 1 rings (SSSR count). The van der Waals surface area contributed by atoms with E-state index in [1.54, 1.807) is 15.7 Å². The third-order valence-corrected chi connectivity index (χ3v) is 2.12. The van der Waals surface area contributed by atoms with E-state index < -0.39 is 11.2 Å². The molecule has 11 heavy (non-hydrogen) atoms. The van der Waals surface area contributed by atoms with E-state index in [0.717, 1.165) is 12.8 Å². The highest BCUT2D eigenvalue weighted by Gasteiger charge is 2.32. The van der Waals surface area contributed by atoms with Crippen LogP contribution in [0.5, 0.6) is 0 Å². The molecule has 0 aromatic rings. The summed E-state index contributed by atoms with van der Waals surface area (Å²) in [5.74, 6) is 0. The van der Waals surface area contributed by atoms with E-state index >= 15 is 0 Å². The zero-order valence-corrected chi connectivity index (χ0v) is 7.22. The summed E-state index contributed by atoms with van der Waals surface area (Å²) in [4.78, 5) is 0. The van der Waals surface area contributed by atoms with Crippen molar-refractivity contribution in [3.05, 3.63) is 0 Å². The van der Waals surface area contributed by atoms with Gasteiger partial charge in [0.15, 0.2) is 15.7 Å². The topological polar surface area (TPSA) is 52.5 Å². The van der Waals surface area contributed by atoms with Gasteiger partial charge in [-0.05, 0) is 25.7 Å². The Labute approximate surface area is 69.0 Å². The van der Waals surface area contributed by atoms with Crippen LogP contribution in [0.2, 0.25) is 0 Å². The van der Waals surface area contributed by atoms with E-state index in [0.29, 0.717) is 12.8 Å². The van der Waals surface area contributed by atoms with Crippen molar-refractivity contribution < 1.29 is 10.2 Å². The van der Waals surface area contributed by atoms with Crippen molar-refractivity contribution in [2.24, 2.45) is 0 Å². The molecule has 1 saturated heterocycles. The Morgan fingerprint density at radius 2 is 1.36 bits per heavy atom. The summed E-state index contributed by atoms with van der Waals surface area (Å²) in [6.07, 6.45) is 3.36. The Bertz CT molecular complexity index is 134. The van der Waals surface area contributed by atoms with Gasteiger partial charge in [-0.3, -0.25) is 5.32 Å². The largest absolute Gasteiger partial charge is 0.384 e. The number of hydrogen-bond acceptors (Lipinski definition) is 3. The molecule has 1 aliphatic heterocycles. The van der Waals surface area contributed by atoms with Crippen LogP contribution >= 0.6 is 0 Å². The van der Waals surface area contributed by atoms with Crippen molar-refractivity contribution in [1.82, 2.24) is 5.32 Å². The van der Waals surface area contributed by atoms with Gasteiger partial charge in [0.05, 0.1) is 11.2 Å². The number of hydrogen-bond donors (Lipinski definition) is 3. The highest BCUT2D eigenvalue weighted by atomic mass is 16.3. The molecule has 0 radical (unpaired) electrons. The number of aliphatic hydroxyl groups is 2. The van der Waals surface area contributed by atoms with Gasteiger partial charge in [-0.25, -0.2) is 0 Å².